The first-order valence-corrected chi connectivity index (χ1v) is 7.53. The zero-order valence-corrected chi connectivity index (χ0v) is 12.4. The lowest BCUT2D eigenvalue weighted by Crippen LogP contribution is -2.42. The van der Waals surface area contributed by atoms with Gasteiger partial charge in [-0.2, -0.15) is 0 Å². The summed E-state index contributed by atoms with van der Waals surface area (Å²) in [5.74, 6) is -0.659. The summed E-state index contributed by atoms with van der Waals surface area (Å²) in [6.07, 6.45) is 1.45. The van der Waals surface area contributed by atoms with E-state index in [-0.39, 0.29) is 28.4 Å². The van der Waals surface area contributed by atoms with Crippen LogP contribution in [-0.4, -0.2) is 27.5 Å². The van der Waals surface area contributed by atoms with Crippen LogP contribution in [0.1, 0.15) is 12.8 Å². The molecule has 2 rings (SSSR count). The number of halogens is 3. The molecule has 0 saturated carbocycles. The Morgan fingerprint density at radius 2 is 1.89 bits per heavy atom. The molecule has 0 spiro atoms. The first kappa shape index (κ1) is 16.7. The maximum Gasteiger partial charge on any atom is 0.240 e. The van der Waals surface area contributed by atoms with Gasteiger partial charge < -0.3 is 5.32 Å². The highest BCUT2D eigenvalue weighted by Crippen LogP contribution is 2.19. The highest BCUT2D eigenvalue weighted by Gasteiger charge is 2.22. The van der Waals surface area contributed by atoms with E-state index in [0.29, 0.717) is 0 Å². The van der Waals surface area contributed by atoms with Crippen LogP contribution in [0.5, 0.6) is 0 Å². The Labute approximate surface area is 123 Å². The van der Waals surface area contributed by atoms with Gasteiger partial charge in [-0.25, -0.2) is 17.5 Å². The fourth-order valence-corrected chi connectivity index (χ4v) is 3.56. The van der Waals surface area contributed by atoms with Crippen LogP contribution < -0.4 is 10.0 Å². The molecule has 1 aliphatic rings. The minimum atomic E-state index is -3.71. The molecular formula is C11H15Cl2FN2O2S. The molecule has 1 aliphatic heterocycles. The van der Waals surface area contributed by atoms with Gasteiger partial charge in [0.05, 0.1) is 4.90 Å². The van der Waals surface area contributed by atoms with Crippen LogP contribution in [0.15, 0.2) is 23.1 Å². The van der Waals surface area contributed by atoms with Crippen molar-refractivity contribution in [1.29, 1.82) is 0 Å². The van der Waals surface area contributed by atoms with Gasteiger partial charge in [-0.1, -0.05) is 11.6 Å². The first-order chi connectivity index (χ1) is 8.47. The first-order valence-electron chi connectivity index (χ1n) is 5.66. The lowest BCUT2D eigenvalue weighted by molar-refractivity contribution is 0.427. The zero-order valence-electron chi connectivity index (χ0n) is 10.0. The van der Waals surface area contributed by atoms with Crippen molar-refractivity contribution in [3.63, 3.8) is 0 Å². The van der Waals surface area contributed by atoms with Gasteiger partial charge in [0, 0.05) is 11.1 Å². The average Bonchev–Trinajstić information content (AvgIpc) is 2.28. The predicted octanol–water partition coefficient (Wildman–Crippen LogP) is 1.93. The molecule has 4 nitrogen and oxygen atoms in total. The van der Waals surface area contributed by atoms with Crippen molar-refractivity contribution in [2.24, 2.45) is 0 Å². The second-order valence-corrected chi connectivity index (χ2v) is 6.40. The van der Waals surface area contributed by atoms with Gasteiger partial charge in [-0.15, -0.1) is 12.4 Å². The average molecular weight is 329 g/mol. The molecule has 1 fully saturated rings. The molecule has 2 N–H and O–H groups in total. The molecular weight excluding hydrogens is 314 g/mol. The number of rotatable bonds is 3. The molecule has 1 heterocycles. The maximum absolute atomic E-state index is 13.2. The second-order valence-electron chi connectivity index (χ2n) is 4.25. The molecule has 1 saturated heterocycles. The third kappa shape index (κ3) is 4.57. The number of hydrogen-bond donors (Lipinski definition) is 2. The fourth-order valence-electron chi connectivity index (χ4n) is 1.91. The Hall–Kier alpha value is -0.400. The summed E-state index contributed by atoms with van der Waals surface area (Å²) >= 11 is 5.66. The molecule has 1 aromatic rings. The van der Waals surface area contributed by atoms with E-state index in [1.54, 1.807) is 0 Å². The van der Waals surface area contributed by atoms with Crippen molar-refractivity contribution < 1.29 is 12.8 Å². The molecule has 8 heteroatoms. The van der Waals surface area contributed by atoms with Crippen LogP contribution in [0.2, 0.25) is 5.02 Å². The van der Waals surface area contributed by atoms with Crippen LogP contribution in [0, 0.1) is 5.82 Å². The zero-order chi connectivity index (χ0) is 13.2. The number of sulfonamides is 1. The topological polar surface area (TPSA) is 58.2 Å². The van der Waals surface area contributed by atoms with Gasteiger partial charge in [0.25, 0.3) is 0 Å². The monoisotopic (exact) mass is 328 g/mol. The van der Waals surface area contributed by atoms with Gasteiger partial charge in [0.1, 0.15) is 5.82 Å². The van der Waals surface area contributed by atoms with Crippen molar-refractivity contribution >= 4 is 34.0 Å². The van der Waals surface area contributed by atoms with E-state index >= 15 is 0 Å². The molecule has 0 radical (unpaired) electrons. The highest BCUT2D eigenvalue weighted by atomic mass is 35.5. The Morgan fingerprint density at radius 1 is 1.26 bits per heavy atom. The summed E-state index contributed by atoms with van der Waals surface area (Å²) in [7, 11) is -3.71. The molecule has 0 aromatic heterocycles. The molecule has 108 valence electrons. The Kier molecular flexibility index (Phi) is 6.01. The summed E-state index contributed by atoms with van der Waals surface area (Å²) in [6.45, 7) is 1.55. The Morgan fingerprint density at radius 3 is 2.47 bits per heavy atom. The lowest BCUT2D eigenvalue weighted by atomic mass is 10.1. The largest absolute Gasteiger partial charge is 0.317 e. The molecule has 0 unspecified atom stereocenters. The maximum atomic E-state index is 13.2. The third-order valence-electron chi connectivity index (χ3n) is 2.81. The normalized spacial score (nSPS) is 16.9. The van der Waals surface area contributed by atoms with Crippen molar-refractivity contribution in [1.82, 2.24) is 10.0 Å². The SMILES string of the molecule is Cl.O=S(=O)(NC1CCNCC1)c1cc(F)cc(Cl)c1. The number of nitrogens with one attached hydrogen (secondary N) is 2. The van der Waals surface area contributed by atoms with Gasteiger partial charge in [0.2, 0.25) is 10.0 Å². The van der Waals surface area contributed by atoms with E-state index in [0.717, 1.165) is 38.1 Å². The van der Waals surface area contributed by atoms with E-state index < -0.39 is 15.8 Å². The third-order valence-corrected chi connectivity index (χ3v) is 4.53. The standard InChI is InChI=1S/C11H14ClFN2O2S.ClH/c12-8-5-9(13)7-11(6-8)18(16,17)15-10-1-3-14-4-2-10;/h5-7,10,14-15H,1-4H2;1H. The molecule has 19 heavy (non-hydrogen) atoms. The number of hydrogen-bond acceptors (Lipinski definition) is 3. The smallest absolute Gasteiger partial charge is 0.240 e. The Bertz CT molecular complexity index is 513. The van der Waals surface area contributed by atoms with Crippen LogP contribution in [0.4, 0.5) is 4.39 Å². The van der Waals surface area contributed by atoms with E-state index in [1.807, 2.05) is 0 Å². The lowest BCUT2D eigenvalue weighted by Gasteiger charge is -2.23. The second kappa shape index (κ2) is 6.85. The van der Waals surface area contributed by atoms with Crippen molar-refractivity contribution in [3.05, 3.63) is 29.0 Å². The van der Waals surface area contributed by atoms with E-state index in [1.165, 1.54) is 6.07 Å². The van der Waals surface area contributed by atoms with E-state index in [2.05, 4.69) is 10.0 Å². The van der Waals surface area contributed by atoms with Crippen LogP contribution in [-0.2, 0) is 10.0 Å². The summed E-state index contributed by atoms with van der Waals surface area (Å²) in [4.78, 5) is -0.133. The molecule has 0 atom stereocenters. The molecule has 1 aromatic carbocycles. The summed E-state index contributed by atoms with van der Waals surface area (Å²) in [5, 5.41) is 3.21. The molecule has 0 amide bonds. The van der Waals surface area contributed by atoms with Crippen molar-refractivity contribution in [2.75, 3.05) is 13.1 Å². The van der Waals surface area contributed by atoms with Gasteiger partial charge in [0.15, 0.2) is 0 Å². The summed E-state index contributed by atoms with van der Waals surface area (Å²) < 4.78 is 39.8. The predicted molar refractivity (Wildman–Crippen MR) is 74.9 cm³/mol. The van der Waals surface area contributed by atoms with Crippen LogP contribution in [0.3, 0.4) is 0 Å². The van der Waals surface area contributed by atoms with Crippen LogP contribution in [0.25, 0.3) is 0 Å². The molecule has 0 bridgehead atoms. The fraction of sp³-hybridized carbons (Fsp3) is 0.455. The van der Waals surface area contributed by atoms with E-state index in [9.17, 15) is 12.8 Å². The molecule has 0 aliphatic carbocycles. The van der Waals surface area contributed by atoms with E-state index in [4.69, 9.17) is 11.6 Å². The van der Waals surface area contributed by atoms with Gasteiger partial charge in [-0.05, 0) is 44.1 Å². The highest BCUT2D eigenvalue weighted by molar-refractivity contribution is 7.89. The van der Waals surface area contributed by atoms with Crippen molar-refractivity contribution in [2.45, 2.75) is 23.8 Å². The number of benzene rings is 1. The quantitative estimate of drug-likeness (QED) is 0.891. The number of piperidine rings is 1. The van der Waals surface area contributed by atoms with Gasteiger partial charge in [-0.3, -0.25) is 0 Å². The van der Waals surface area contributed by atoms with Crippen molar-refractivity contribution in [3.8, 4) is 0 Å². The summed E-state index contributed by atoms with van der Waals surface area (Å²) in [5.41, 5.74) is 0. The Balaban J connectivity index is 0.00000180. The van der Waals surface area contributed by atoms with Crippen LogP contribution >= 0.6 is 24.0 Å². The minimum Gasteiger partial charge on any atom is -0.317 e. The van der Waals surface area contributed by atoms with Gasteiger partial charge >= 0.3 is 0 Å². The summed E-state index contributed by atoms with van der Waals surface area (Å²) in [6, 6.07) is 3.17. The minimum absolute atomic E-state index is 0.